The van der Waals surface area contributed by atoms with Crippen molar-refractivity contribution in [3.63, 3.8) is 0 Å². The van der Waals surface area contributed by atoms with Crippen LogP contribution < -0.4 is 0 Å². The van der Waals surface area contributed by atoms with Crippen molar-refractivity contribution in [2.24, 2.45) is 0 Å². The number of hydrogen-bond acceptors (Lipinski definition) is 0. The highest BCUT2D eigenvalue weighted by Gasteiger charge is 2.33. The smallest absolute Gasteiger partial charge is 0.123 e. The molecule has 0 amide bonds. The Balaban J connectivity index is 2.48. The standard InChI is InChI=1S/C18H28Si3/c1-19(2,3)15-9-11-17(13-15)21(7,8)18-12-10-16(14-18)20(4,5)6/h9-12H,1-8H3. The molecule has 0 nitrogen and oxygen atoms in total. The molecule has 0 aromatic heterocycles. The van der Waals surface area contributed by atoms with Crippen molar-refractivity contribution in [1.29, 1.82) is 0 Å². The van der Waals surface area contributed by atoms with E-state index in [1.807, 2.05) is 0 Å². The lowest BCUT2D eigenvalue weighted by molar-refractivity contribution is 1.67. The Morgan fingerprint density at radius 1 is 0.524 bits per heavy atom. The van der Waals surface area contributed by atoms with Crippen LogP contribution >= 0.6 is 0 Å². The first kappa shape index (κ1) is 16.5. The van der Waals surface area contributed by atoms with Crippen molar-refractivity contribution < 1.29 is 0 Å². The van der Waals surface area contributed by atoms with Crippen molar-refractivity contribution in [2.75, 3.05) is 0 Å². The second-order valence-electron chi connectivity index (χ2n) is 8.70. The van der Waals surface area contributed by atoms with Gasteiger partial charge in [0, 0.05) is 0 Å². The molecule has 2 rings (SSSR count). The highest BCUT2D eigenvalue weighted by molar-refractivity contribution is 6.92. The summed E-state index contributed by atoms with van der Waals surface area (Å²) in [5.41, 5.74) is 7.51. The maximum atomic E-state index is 3.75. The largest absolute Gasteiger partial charge is 0.131 e. The van der Waals surface area contributed by atoms with E-state index in [1.165, 1.54) is 20.8 Å². The van der Waals surface area contributed by atoms with Crippen LogP contribution in [0.3, 0.4) is 0 Å². The third kappa shape index (κ3) is 3.33. The molecular formula is C18H28Si3. The molecule has 0 unspecified atom stereocenters. The van der Waals surface area contributed by atoms with Gasteiger partial charge in [-0.05, 0) is 20.8 Å². The lowest BCUT2D eigenvalue weighted by atomic mass is 10.6. The first-order valence-electron chi connectivity index (χ1n) is 7.82. The average molecular weight is 329 g/mol. The third-order valence-corrected chi connectivity index (χ3v) is 11.4. The van der Waals surface area contributed by atoms with E-state index in [-0.39, 0.29) is 0 Å². The molecule has 0 saturated carbocycles. The molecule has 0 aromatic rings. The van der Waals surface area contributed by atoms with Crippen molar-refractivity contribution in [3.05, 3.63) is 56.6 Å². The predicted molar refractivity (Wildman–Crippen MR) is 104 cm³/mol. The van der Waals surface area contributed by atoms with E-state index in [0.29, 0.717) is 0 Å². The van der Waals surface area contributed by atoms with Crippen LogP contribution in [-0.4, -0.2) is 24.2 Å². The van der Waals surface area contributed by atoms with Gasteiger partial charge in [-0.2, -0.15) is 0 Å². The Morgan fingerprint density at radius 3 is 1.05 bits per heavy atom. The minimum atomic E-state index is -1.64. The van der Waals surface area contributed by atoms with Crippen molar-refractivity contribution in [2.45, 2.75) is 52.4 Å². The van der Waals surface area contributed by atoms with E-state index < -0.39 is 24.2 Å². The molecular weight excluding hydrogens is 300 g/mol. The fourth-order valence-corrected chi connectivity index (χ4v) is 7.16. The summed E-state index contributed by atoms with van der Waals surface area (Å²) in [5.74, 6) is 0. The van der Waals surface area contributed by atoms with Crippen LogP contribution in [0, 0.1) is 0 Å². The number of hydrogen-bond donors (Lipinski definition) is 0. The topological polar surface area (TPSA) is 0 Å². The molecule has 0 aliphatic heterocycles. The van der Waals surface area contributed by atoms with Crippen LogP contribution in [0.25, 0.3) is 0 Å². The molecule has 0 spiro atoms. The number of allylic oxidation sites excluding steroid dienone is 6. The van der Waals surface area contributed by atoms with Gasteiger partial charge in [-0.1, -0.05) is 76.7 Å². The summed E-state index contributed by atoms with van der Waals surface area (Å²) in [5, 5.41) is 5.83. The van der Waals surface area contributed by atoms with Crippen LogP contribution in [0.5, 0.6) is 0 Å². The molecule has 3 heteroatoms. The second kappa shape index (κ2) is 5.12. The van der Waals surface area contributed by atoms with Gasteiger partial charge in [0.1, 0.15) is 8.07 Å². The van der Waals surface area contributed by atoms with Crippen molar-refractivity contribution in [1.82, 2.24) is 0 Å². The van der Waals surface area contributed by atoms with Crippen molar-refractivity contribution in [3.8, 4) is 0 Å². The molecule has 0 radical (unpaired) electrons. The molecule has 0 aromatic carbocycles. The summed E-state index contributed by atoms with van der Waals surface area (Å²) in [6.07, 6.45) is 9.29. The zero-order valence-electron chi connectivity index (χ0n) is 14.8. The molecule has 0 N–H and O–H groups in total. The van der Waals surface area contributed by atoms with Crippen LogP contribution in [-0.2, 0) is 0 Å². The quantitative estimate of drug-likeness (QED) is 0.467. The summed E-state index contributed by atoms with van der Waals surface area (Å²) in [4.78, 5) is 0. The molecule has 21 heavy (non-hydrogen) atoms. The van der Waals surface area contributed by atoms with Gasteiger partial charge in [0.25, 0.3) is 0 Å². The summed E-state index contributed by atoms with van der Waals surface area (Å²) in [7, 11) is -4.15. The van der Waals surface area contributed by atoms with Crippen LogP contribution in [0.15, 0.2) is 56.6 Å². The Bertz CT molecular complexity index is 600. The maximum Gasteiger partial charge on any atom is 0.131 e. The van der Waals surface area contributed by atoms with E-state index in [9.17, 15) is 0 Å². The number of rotatable bonds is 4. The summed E-state index contributed by atoms with van der Waals surface area (Å²) in [6.45, 7) is 19.3. The summed E-state index contributed by atoms with van der Waals surface area (Å²) in [6, 6.07) is 0. The summed E-state index contributed by atoms with van der Waals surface area (Å²) >= 11 is 0. The van der Waals surface area contributed by atoms with Crippen LogP contribution in [0.2, 0.25) is 52.4 Å². The third-order valence-electron chi connectivity index (χ3n) is 4.33. The van der Waals surface area contributed by atoms with Gasteiger partial charge in [-0.15, -0.1) is 11.5 Å². The second-order valence-corrected chi connectivity index (χ2v) is 23.1. The minimum absolute atomic E-state index is 1.25. The Kier molecular flexibility index (Phi) is 4.03. The van der Waals surface area contributed by atoms with Crippen molar-refractivity contribution >= 4 is 24.2 Å². The van der Waals surface area contributed by atoms with Crippen LogP contribution in [0.1, 0.15) is 0 Å². The fourth-order valence-electron chi connectivity index (χ4n) is 2.54. The zero-order valence-corrected chi connectivity index (χ0v) is 17.8. The lowest BCUT2D eigenvalue weighted by Gasteiger charge is -2.21. The minimum Gasteiger partial charge on any atom is -0.123 e. The van der Waals surface area contributed by atoms with E-state index in [0.717, 1.165) is 0 Å². The molecule has 0 fully saturated rings. The van der Waals surface area contributed by atoms with Gasteiger partial charge < -0.3 is 0 Å². The molecule has 0 heterocycles. The molecule has 0 atom stereocenters. The highest BCUT2D eigenvalue weighted by Crippen LogP contribution is 2.33. The van der Waals surface area contributed by atoms with Gasteiger partial charge in [0.15, 0.2) is 0 Å². The SMILES string of the molecule is C[Si](C)(C)C1=C=C([Si](C)(C)C2=C=C([Si](C)(C)C)C=C2)C=C1. The predicted octanol–water partition coefficient (Wildman–Crippen LogP) is 5.57. The van der Waals surface area contributed by atoms with E-state index in [1.54, 1.807) is 0 Å². The lowest BCUT2D eigenvalue weighted by Crippen LogP contribution is -2.29. The average Bonchev–Trinajstić information content (AvgIpc) is 2.97. The molecule has 0 bridgehead atoms. The fraction of sp³-hybridized carbons (Fsp3) is 0.444. The molecule has 2 aliphatic carbocycles. The highest BCUT2D eigenvalue weighted by atomic mass is 28.3. The zero-order chi connectivity index (χ0) is 16.1. The van der Waals surface area contributed by atoms with Gasteiger partial charge in [0.05, 0.1) is 16.1 Å². The molecule has 2 aliphatic rings. The normalized spacial score (nSPS) is 18.7. The van der Waals surface area contributed by atoms with Gasteiger partial charge in [0.2, 0.25) is 0 Å². The van der Waals surface area contributed by atoms with Gasteiger partial charge in [-0.3, -0.25) is 0 Å². The van der Waals surface area contributed by atoms with Gasteiger partial charge in [-0.25, -0.2) is 0 Å². The first-order valence-corrected chi connectivity index (χ1v) is 17.8. The van der Waals surface area contributed by atoms with E-state index in [2.05, 4.69) is 88.1 Å². The molecule has 0 saturated heterocycles. The van der Waals surface area contributed by atoms with E-state index in [4.69, 9.17) is 0 Å². The van der Waals surface area contributed by atoms with Gasteiger partial charge >= 0.3 is 0 Å². The summed E-state index contributed by atoms with van der Waals surface area (Å²) < 4.78 is 0. The van der Waals surface area contributed by atoms with Crippen LogP contribution in [0.4, 0.5) is 0 Å². The Hall–Kier alpha value is -0.829. The first-order chi connectivity index (χ1) is 9.42. The Morgan fingerprint density at radius 2 is 0.810 bits per heavy atom. The monoisotopic (exact) mass is 328 g/mol. The van der Waals surface area contributed by atoms with E-state index >= 15 is 0 Å². The maximum absolute atomic E-state index is 3.75. The molecule has 112 valence electrons. The Labute approximate surface area is 133 Å².